The minimum atomic E-state index is -0.969. The lowest BCUT2D eigenvalue weighted by Gasteiger charge is -2.40. The Morgan fingerprint density at radius 3 is 2.22 bits per heavy atom. The molecule has 0 radical (unpaired) electrons. The number of hydrogen-bond acceptors (Lipinski definition) is 4. The first kappa shape index (κ1) is 28.6. The number of rotatable bonds is 14. The lowest BCUT2D eigenvalue weighted by atomic mass is 9.81. The molecule has 0 unspecified atom stereocenters. The Balaban J connectivity index is 1.67. The van der Waals surface area contributed by atoms with Crippen LogP contribution in [0.1, 0.15) is 103 Å². The van der Waals surface area contributed by atoms with Crippen molar-refractivity contribution in [3.63, 3.8) is 0 Å². The molecule has 0 spiro atoms. The minimum Gasteiger partial charge on any atom is -0.390 e. The molecule has 202 valence electrons. The SMILES string of the molecule is CC(C)C[C@H](O)[C@H](O)[C@H](CC1CCCCC1)N(CC1CC1)C(=O)CCC(=O)N[C@H](C)c1ccccc1. The first-order chi connectivity index (χ1) is 17.2. The van der Waals surface area contributed by atoms with Gasteiger partial charge in [0.05, 0.1) is 18.2 Å². The summed E-state index contributed by atoms with van der Waals surface area (Å²) in [5, 5.41) is 25.2. The Bertz CT molecular complexity index is 804. The maximum absolute atomic E-state index is 13.6. The zero-order chi connectivity index (χ0) is 26.1. The molecule has 2 aliphatic rings. The highest BCUT2D eigenvalue weighted by atomic mass is 16.3. The molecule has 0 aliphatic heterocycles. The third-order valence-electron chi connectivity index (χ3n) is 7.92. The number of aliphatic hydroxyl groups excluding tert-OH is 2. The molecule has 0 bridgehead atoms. The van der Waals surface area contributed by atoms with Crippen LogP contribution in [0.2, 0.25) is 0 Å². The molecule has 4 atom stereocenters. The lowest BCUT2D eigenvalue weighted by molar-refractivity contribution is -0.142. The van der Waals surface area contributed by atoms with Gasteiger partial charge >= 0.3 is 0 Å². The van der Waals surface area contributed by atoms with Crippen LogP contribution < -0.4 is 5.32 Å². The Labute approximate surface area is 217 Å². The Morgan fingerprint density at radius 1 is 0.944 bits per heavy atom. The molecule has 2 saturated carbocycles. The summed E-state index contributed by atoms with van der Waals surface area (Å²) in [5.74, 6) is 0.961. The van der Waals surface area contributed by atoms with Gasteiger partial charge in [0.2, 0.25) is 11.8 Å². The molecule has 0 heterocycles. The van der Waals surface area contributed by atoms with Gasteiger partial charge in [-0.2, -0.15) is 0 Å². The van der Waals surface area contributed by atoms with E-state index in [1.54, 1.807) is 0 Å². The van der Waals surface area contributed by atoms with Gasteiger partial charge in [0.25, 0.3) is 0 Å². The topological polar surface area (TPSA) is 89.9 Å². The van der Waals surface area contributed by atoms with Crippen molar-refractivity contribution in [1.82, 2.24) is 10.2 Å². The van der Waals surface area contributed by atoms with E-state index in [0.717, 1.165) is 37.7 Å². The Hall–Kier alpha value is -1.92. The number of carbonyl (C=O) groups is 2. The number of hydrogen-bond donors (Lipinski definition) is 3. The van der Waals surface area contributed by atoms with Gasteiger partial charge in [-0.25, -0.2) is 0 Å². The largest absolute Gasteiger partial charge is 0.390 e. The first-order valence-electron chi connectivity index (χ1n) is 14.2. The molecule has 0 aromatic heterocycles. The second kappa shape index (κ2) is 14.1. The summed E-state index contributed by atoms with van der Waals surface area (Å²) < 4.78 is 0. The molecule has 2 aliphatic carbocycles. The summed E-state index contributed by atoms with van der Waals surface area (Å²) >= 11 is 0. The minimum absolute atomic E-state index is 0.0824. The van der Waals surface area contributed by atoms with E-state index >= 15 is 0 Å². The average molecular weight is 501 g/mol. The first-order valence-corrected chi connectivity index (χ1v) is 14.2. The van der Waals surface area contributed by atoms with E-state index in [2.05, 4.69) is 5.32 Å². The quantitative estimate of drug-likeness (QED) is 0.336. The monoisotopic (exact) mass is 500 g/mol. The number of aliphatic hydroxyl groups is 2. The summed E-state index contributed by atoms with van der Waals surface area (Å²) in [5.41, 5.74) is 1.03. The van der Waals surface area contributed by atoms with Crippen molar-refractivity contribution in [3.05, 3.63) is 35.9 Å². The predicted molar refractivity (Wildman–Crippen MR) is 143 cm³/mol. The maximum atomic E-state index is 13.6. The summed E-state index contributed by atoms with van der Waals surface area (Å²) in [6.07, 6.45) is 7.72. The summed E-state index contributed by atoms with van der Waals surface area (Å²) in [7, 11) is 0. The fourth-order valence-corrected chi connectivity index (χ4v) is 5.60. The van der Waals surface area contributed by atoms with Crippen LogP contribution in [-0.2, 0) is 9.59 Å². The average Bonchev–Trinajstić information content (AvgIpc) is 3.69. The van der Waals surface area contributed by atoms with E-state index in [1.807, 2.05) is 56.0 Å². The third kappa shape index (κ3) is 9.19. The van der Waals surface area contributed by atoms with Crippen molar-refractivity contribution in [3.8, 4) is 0 Å². The van der Waals surface area contributed by atoms with Crippen LogP contribution in [0.4, 0.5) is 0 Å². The van der Waals surface area contributed by atoms with Gasteiger partial charge in [0.15, 0.2) is 0 Å². The molecule has 1 aromatic carbocycles. The van der Waals surface area contributed by atoms with Gasteiger partial charge < -0.3 is 20.4 Å². The molecule has 2 fully saturated rings. The molecule has 2 amide bonds. The van der Waals surface area contributed by atoms with E-state index in [9.17, 15) is 19.8 Å². The number of carbonyl (C=O) groups excluding carboxylic acids is 2. The summed E-state index contributed by atoms with van der Waals surface area (Å²) in [6.45, 7) is 6.63. The smallest absolute Gasteiger partial charge is 0.223 e. The van der Waals surface area contributed by atoms with Crippen LogP contribution in [0.15, 0.2) is 30.3 Å². The highest BCUT2D eigenvalue weighted by molar-refractivity contribution is 5.84. The second-order valence-electron chi connectivity index (χ2n) is 11.7. The van der Waals surface area contributed by atoms with Crippen LogP contribution in [0.25, 0.3) is 0 Å². The van der Waals surface area contributed by atoms with Gasteiger partial charge in [-0.15, -0.1) is 0 Å². The Kier molecular flexibility index (Phi) is 11.2. The predicted octanol–water partition coefficient (Wildman–Crippen LogP) is 4.99. The van der Waals surface area contributed by atoms with E-state index in [-0.39, 0.29) is 36.6 Å². The van der Waals surface area contributed by atoms with Crippen LogP contribution in [0.5, 0.6) is 0 Å². The number of benzene rings is 1. The highest BCUT2D eigenvalue weighted by Crippen LogP contribution is 2.35. The van der Waals surface area contributed by atoms with E-state index in [0.29, 0.717) is 24.8 Å². The van der Waals surface area contributed by atoms with Crippen LogP contribution in [0.3, 0.4) is 0 Å². The van der Waals surface area contributed by atoms with E-state index in [1.165, 1.54) is 19.3 Å². The fraction of sp³-hybridized carbons (Fsp3) is 0.733. The number of nitrogens with zero attached hydrogens (tertiary/aromatic N) is 1. The fourth-order valence-electron chi connectivity index (χ4n) is 5.60. The normalized spacial score (nSPS) is 19.9. The van der Waals surface area contributed by atoms with Gasteiger partial charge in [-0.05, 0) is 55.9 Å². The van der Waals surface area contributed by atoms with Gasteiger partial charge in [0, 0.05) is 19.4 Å². The molecule has 6 nitrogen and oxygen atoms in total. The zero-order valence-electron chi connectivity index (χ0n) is 22.6. The van der Waals surface area contributed by atoms with Crippen LogP contribution in [0, 0.1) is 17.8 Å². The highest BCUT2D eigenvalue weighted by Gasteiger charge is 2.38. The number of amides is 2. The zero-order valence-corrected chi connectivity index (χ0v) is 22.6. The van der Waals surface area contributed by atoms with Crippen molar-refractivity contribution >= 4 is 11.8 Å². The molecular weight excluding hydrogens is 452 g/mol. The Morgan fingerprint density at radius 2 is 1.61 bits per heavy atom. The van der Waals surface area contributed by atoms with Gasteiger partial charge in [-0.3, -0.25) is 9.59 Å². The lowest BCUT2D eigenvalue weighted by Crippen LogP contribution is -2.53. The van der Waals surface area contributed by atoms with Crippen LogP contribution >= 0.6 is 0 Å². The van der Waals surface area contributed by atoms with Gasteiger partial charge in [0.1, 0.15) is 6.10 Å². The third-order valence-corrected chi connectivity index (χ3v) is 7.92. The molecule has 3 N–H and O–H groups in total. The van der Waals surface area contributed by atoms with Crippen molar-refractivity contribution in [2.45, 2.75) is 116 Å². The second-order valence-corrected chi connectivity index (χ2v) is 11.7. The van der Waals surface area contributed by atoms with E-state index < -0.39 is 18.2 Å². The molecule has 36 heavy (non-hydrogen) atoms. The van der Waals surface area contributed by atoms with Crippen molar-refractivity contribution < 1.29 is 19.8 Å². The number of nitrogens with one attached hydrogen (secondary N) is 1. The van der Waals surface area contributed by atoms with Crippen molar-refractivity contribution in [2.75, 3.05) is 6.54 Å². The summed E-state index contributed by atoms with van der Waals surface area (Å²) in [4.78, 5) is 28.1. The standard InChI is InChI=1S/C30H48N2O4/c1-21(2)18-27(33)30(36)26(19-23-10-6-4-7-11-23)32(20-24-14-15-24)29(35)17-16-28(34)31-22(3)25-12-8-5-9-13-25/h5,8-9,12-13,21-24,26-27,30,33,36H,4,6-7,10-11,14-20H2,1-3H3,(H,31,34)/t22-,26+,27+,30-/m1/s1. The van der Waals surface area contributed by atoms with E-state index in [4.69, 9.17) is 0 Å². The molecule has 6 heteroatoms. The summed E-state index contributed by atoms with van der Waals surface area (Å²) in [6, 6.07) is 9.28. The maximum Gasteiger partial charge on any atom is 0.223 e. The molecule has 1 aromatic rings. The van der Waals surface area contributed by atoms with Gasteiger partial charge in [-0.1, -0.05) is 76.3 Å². The molecule has 3 rings (SSSR count). The van der Waals surface area contributed by atoms with Crippen LogP contribution in [-0.4, -0.2) is 51.7 Å². The van der Waals surface area contributed by atoms with Crippen molar-refractivity contribution in [2.24, 2.45) is 17.8 Å². The molecule has 0 saturated heterocycles. The molecular formula is C30H48N2O4. The van der Waals surface area contributed by atoms with Crippen molar-refractivity contribution in [1.29, 1.82) is 0 Å².